The van der Waals surface area contributed by atoms with E-state index in [1.165, 1.54) is 0 Å². The molecule has 0 unspecified atom stereocenters. The molecule has 1 rings (SSSR count). The van der Waals surface area contributed by atoms with Gasteiger partial charge >= 0.3 is 0 Å². The van der Waals surface area contributed by atoms with Crippen molar-refractivity contribution in [2.24, 2.45) is 0 Å². The molecule has 0 aliphatic carbocycles. The van der Waals surface area contributed by atoms with Gasteiger partial charge in [0.15, 0.2) is 5.75 Å². The van der Waals surface area contributed by atoms with Crippen LogP contribution in [0.5, 0.6) is 11.5 Å². The molecule has 1 aromatic carbocycles. The number of alkyl halides is 1. The average Bonchev–Trinajstić information content (AvgIpc) is 2.36. The van der Waals surface area contributed by atoms with E-state index in [1.807, 2.05) is 6.08 Å². The Morgan fingerprint density at radius 3 is 2.30 bits per heavy atom. The van der Waals surface area contributed by atoms with Gasteiger partial charge in [-0.05, 0) is 50.8 Å². The molecule has 1 aromatic rings. The molecule has 0 saturated carbocycles. The van der Waals surface area contributed by atoms with Crippen LogP contribution in [-0.2, 0) is 0 Å². The van der Waals surface area contributed by atoms with E-state index in [0.717, 1.165) is 16.2 Å². The Kier molecular flexibility index (Phi) is 9.38. The zero-order chi connectivity index (χ0) is 15.0. The molecule has 0 heterocycles. The summed E-state index contributed by atoms with van der Waals surface area (Å²) in [6, 6.07) is 3.36. The Labute approximate surface area is 150 Å². The third kappa shape index (κ3) is 6.90. The molecule has 20 heavy (non-hydrogen) atoms. The van der Waals surface area contributed by atoms with Gasteiger partial charge in [-0.3, -0.25) is 0 Å². The smallest absolute Gasteiger partial charge is 0.156 e. The molecule has 112 valence electrons. The minimum Gasteiger partial charge on any atom is -0.490 e. The van der Waals surface area contributed by atoms with Gasteiger partial charge in [-0.2, -0.15) is 0 Å². The summed E-state index contributed by atoms with van der Waals surface area (Å²) >= 11 is 24.4. The zero-order valence-electron chi connectivity index (χ0n) is 10.5. The molecular weight excluding hydrogens is 454 g/mol. The standard InChI is InChI=1S/C13H13Br2Cl3O2/c14-12(15)3-6-19-9-7-10(17)13(11(18)8-9)20-5-2-1-4-16/h3,7-8H,1-2,4-6H2. The fraction of sp³-hybridized carbons (Fsp3) is 0.385. The first-order valence-corrected chi connectivity index (χ1v) is 8.74. The SMILES string of the molecule is ClCCCCOc1c(Cl)cc(OCC=C(Br)Br)cc1Cl. The molecule has 0 bridgehead atoms. The van der Waals surface area contributed by atoms with E-state index < -0.39 is 0 Å². The molecule has 0 aliphatic rings. The number of benzene rings is 1. The highest BCUT2D eigenvalue weighted by atomic mass is 79.9. The molecular formula is C13H13Br2Cl3O2. The van der Waals surface area contributed by atoms with Crippen molar-refractivity contribution in [1.82, 2.24) is 0 Å². The monoisotopic (exact) mass is 464 g/mol. The van der Waals surface area contributed by atoms with Gasteiger partial charge in [0.25, 0.3) is 0 Å². The highest BCUT2D eigenvalue weighted by Crippen LogP contribution is 2.37. The lowest BCUT2D eigenvalue weighted by Gasteiger charge is -2.12. The number of rotatable bonds is 8. The molecule has 0 fully saturated rings. The molecule has 0 spiro atoms. The van der Waals surface area contributed by atoms with Crippen molar-refractivity contribution in [2.75, 3.05) is 19.1 Å². The minimum atomic E-state index is 0.397. The normalized spacial score (nSPS) is 10.2. The van der Waals surface area contributed by atoms with E-state index in [-0.39, 0.29) is 0 Å². The predicted molar refractivity (Wildman–Crippen MR) is 93.3 cm³/mol. The van der Waals surface area contributed by atoms with E-state index in [0.29, 0.717) is 40.6 Å². The van der Waals surface area contributed by atoms with Crippen LogP contribution in [0.15, 0.2) is 21.6 Å². The Morgan fingerprint density at radius 1 is 1.10 bits per heavy atom. The van der Waals surface area contributed by atoms with Crippen LogP contribution in [0.1, 0.15) is 12.8 Å². The predicted octanol–water partition coefficient (Wildman–Crippen LogP) is 6.40. The second-order valence-electron chi connectivity index (χ2n) is 3.77. The van der Waals surface area contributed by atoms with Gasteiger partial charge in [-0.15, -0.1) is 11.6 Å². The van der Waals surface area contributed by atoms with Crippen LogP contribution in [0.2, 0.25) is 10.0 Å². The largest absolute Gasteiger partial charge is 0.490 e. The summed E-state index contributed by atoms with van der Waals surface area (Å²) in [6.45, 7) is 0.931. The van der Waals surface area contributed by atoms with Crippen molar-refractivity contribution in [3.8, 4) is 11.5 Å². The van der Waals surface area contributed by atoms with Crippen LogP contribution in [0.25, 0.3) is 0 Å². The fourth-order valence-corrected chi connectivity index (χ4v) is 2.36. The third-order valence-corrected chi connectivity index (χ3v) is 3.71. The molecule has 0 radical (unpaired) electrons. The number of hydrogen-bond acceptors (Lipinski definition) is 2. The summed E-state index contributed by atoms with van der Waals surface area (Å²) < 4.78 is 11.9. The number of ether oxygens (including phenoxy) is 2. The maximum Gasteiger partial charge on any atom is 0.156 e. The highest BCUT2D eigenvalue weighted by molar-refractivity contribution is 9.28. The van der Waals surface area contributed by atoms with Crippen LogP contribution in [0, 0.1) is 0 Å². The summed E-state index contributed by atoms with van der Waals surface area (Å²) in [5, 5.41) is 0.862. The Morgan fingerprint density at radius 2 is 1.75 bits per heavy atom. The quantitative estimate of drug-likeness (QED) is 0.325. The Bertz CT molecular complexity index is 440. The van der Waals surface area contributed by atoms with E-state index in [4.69, 9.17) is 44.3 Å². The van der Waals surface area contributed by atoms with Crippen molar-refractivity contribution in [3.05, 3.63) is 31.6 Å². The molecule has 0 aliphatic heterocycles. The molecule has 2 nitrogen and oxygen atoms in total. The molecule has 0 N–H and O–H groups in total. The second-order valence-corrected chi connectivity index (χ2v) is 7.73. The molecule has 0 saturated heterocycles. The lowest BCUT2D eigenvalue weighted by molar-refractivity contribution is 0.308. The van der Waals surface area contributed by atoms with Crippen LogP contribution in [0.3, 0.4) is 0 Å². The van der Waals surface area contributed by atoms with Gasteiger partial charge in [0, 0.05) is 18.0 Å². The van der Waals surface area contributed by atoms with Crippen molar-refractivity contribution >= 4 is 66.7 Å². The fourth-order valence-electron chi connectivity index (χ4n) is 1.33. The average molecular weight is 467 g/mol. The Balaban J connectivity index is 2.63. The highest BCUT2D eigenvalue weighted by Gasteiger charge is 2.10. The number of unbranched alkanes of at least 4 members (excludes halogenated alkanes) is 1. The summed E-state index contributed by atoms with van der Waals surface area (Å²) in [5.41, 5.74) is 0. The Hall–Kier alpha value is 0.390. The first kappa shape index (κ1) is 18.4. The molecule has 7 heteroatoms. The summed E-state index contributed by atoms with van der Waals surface area (Å²) in [4.78, 5) is 0. The minimum absolute atomic E-state index is 0.397. The lowest BCUT2D eigenvalue weighted by Crippen LogP contribution is -2.00. The van der Waals surface area contributed by atoms with Crippen LogP contribution in [0.4, 0.5) is 0 Å². The van der Waals surface area contributed by atoms with Crippen LogP contribution < -0.4 is 9.47 Å². The first-order valence-electron chi connectivity index (χ1n) is 5.86. The van der Waals surface area contributed by atoms with Gasteiger partial charge in [0.2, 0.25) is 0 Å². The molecule has 0 atom stereocenters. The van der Waals surface area contributed by atoms with E-state index in [9.17, 15) is 0 Å². The van der Waals surface area contributed by atoms with Gasteiger partial charge in [0.05, 0.1) is 20.0 Å². The maximum absolute atomic E-state index is 6.14. The van der Waals surface area contributed by atoms with E-state index >= 15 is 0 Å². The molecule has 0 amide bonds. The summed E-state index contributed by atoms with van der Waals surface area (Å²) in [5.74, 6) is 1.69. The third-order valence-electron chi connectivity index (χ3n) is 2.23. The van der Waals surface area contributed by atoms with Gasteiger partial charge in [-0.25, -0.2) is 0 Å². The van der Waals surface area contributed by atoms with Crippen molar-refractivity contribution in [1.29, 1.82) is 0 Å². The first-order chi connectivity index (χ1) is 9.54. The number of halogens is 5. The van der Waals surface area contributed by atoms with E-state index in [2.05, 4.69) is 31.9 Å². The topological polar surface area (TPSA) is 18.5 Å². The second kappa shape index (κ2) is 10.2. The zero-order valence-corrected chi connectivity index (χ0v) is 15.9. The van der Waals surface area contributed by atoms with Crippen LogP contribution >= 0.6 is 66.7 Å². The van der Waals surface area contributed by atoms with Crippen molar-refractivity contribution in [2.45, 2.75) is 12.8 Å². The number of hydrogen-bond donors (Lipinski definition) is 0. The van der Waals surface area contributed by atoms with Gasteiger partial charge < -0.3 is 9.47 Å². The van der Waals surface area contributed by atoms with Gasteiger partial charge in [0.1, 0.15) is 12.4 Å². The van der Waals surface area contributed by atoms with Gasteiger partial charge in [-0.1, -0.05) is 23.2 Å². The maximum atomic E-state index is 6.14. The van der Waals surface area contributed by atoms with Crippen molar-refractivity contribution in [3.63, 3.8) is 0 Å². The van der Waals surface area contributed by atoms with Crippen LogP contribution in [-0.4, -0.2) is 19.1 Å². The molecule has 0 aromatic heterocycles. The summed E-state index contributed by atoms with van der Waals surface area (Å²) in [7, 11) is 0. The van der Waals surface area contributed by atoms with Crippen molar-refractivity contribution < 1.29 is 9.47 Å². The summed E-state index contributed by atoms with van der Waals surface area (Å²) in [6.07, 6.45) is 3.57. The lowest BCUT2D eigenvalue weighted by atomic mass is 10.3. The van der Waals surface area contributed by atoms with E-state index in [1.54, 1.807) is 12.1 Å².